The molecule has 0 bridgehead atoms. The zero-order valence-electron chi connectivity index (χ0n) is 11.7. The molecule has 0 radical (unpaired) electrons. The van der Waals surface area contributed by atoms with E-state index in [4.69, 9.17) is 5.73 Å². The second kappa shape index (κ2) is 5.67. The van der Waals surface area contributed by atoms with Gasteiger partial charge in [-0.25, -0.2) is 0 Å². The first-order valence-electron chi connectivity index (χ1n) is 6.07. The Labute approximate surface area is 100 Å². The number of carbonyl (C=O) groups is 1. The van der Waals surface area contributed by atoms with Crippen LogP contribution in [0.5, 0.6) is 0 Å². The summed E-state index contributed by atoms with van der Waals surface area (Å²) in [7, 11) is 0. The normalized spacial score (nSPS) is 13.0. The van der Waals surface area contributed by atoms with Crippen molar-refractivity contribution in [2.75, 3.05) is 13.1 Å². The van der Waals surface area contributed by atoms with Crippen molar-refractivity contribution in [3.05, 3.63) is 0 Å². The third-order valence-corrected chi connectivity index (χ3v) is 3.50. The van der Waals surface area contributed by atoms with Crippen LogP contribution in [0.1, 0.15) is 48.0 Å². The first-order valence-corrected chi connectivity index (χ1v) is 6.07. The van der Waals surface area contributed by atoms with Crippen LogP contribution in [-0.4, -0.2) is 19.0 Å². The van der Waals surface area contributed by atoms with Crippen LogP contribution in [0.15, 0.2) is 0 Å². The van der Waals surface area contributed by atoms with E-state index in [2.05, 4.69) is 33.0 Å². The van der Waals surface area contributed by atoms with Crippen molar-refractivity contribution in [3.63, 3.8) is 0 Å². The quantitative estimate of drug-likeness (QED) is 0.732. The molecule has 0 atom stereocenters. The van der Waals surface area contributed by atoms with Gasteiger partial charge in [0.25, 0.3) is 0 Å². The summed E-state index contributed by atoms with van der Waals surface area (Å²) in [6.07, 6.45) is 0.498. The molecule has 0 aromatic heterocycles. The molecule has 3 nitrogen and oxygen atoms in total. The topological polar surface area (TPSA) is 55.1 Å². The minimum Gasteiger partial charge on any atom is -0.356 e. The molecule has 3 N–H and O–H groups in total. The number of amides is 1. The Morgan fingerprint density at radius 3 is 2.12 bits per heavy atom. The minimum atomic E-state index is -0.105. The fourth-order valence-corrected chi connectivity index (χ4v) is 1.10. The van der Waals surface area contributed by atoms with Gasteiger partial charge in [0, 0.05) is 13.0 Å². The maximum atomic E-state index is 11.7. The van der Waals surface area contributed by atoms with Gasteiger partial charge < -0.3 is 11.1 Å². The number of hydrogen-bond acceptors (Lipinski definition) is 2. The van der Waals surface area contributed by atoms with Crippen LogP contribution < -0.4 is 11.1 Å². The summed E-state index contributed by atoms with van der Waals surface area (Å²) in [6, 6.07) is 0. The Morgan fingerprint density at radius 1 is 1.25 bits per heavy atom. The van der Waals surface area contributed by atoms with E-state index in [-0.39, 0.29) is 16.7 Å². The molecule has 0 unspecified atom stereocenters. The molecule has 0 aliphatic heterocycles. The van der Waals surface area contributed by atoms with Gasteiger partial charge in [-0.2, -0.15) is 0 Å². The van der Waals surface area contributed by atoms with Crippen molar-refractivity contribution < 1.29 is 4.79 Å². The summed E-state index contributed by atoms with van der Waals surface area (Å²) in [5.41, 5.74) is 5.64. The number of rotatable bonds is 6. The van der Waals surface area contributed by atoms with E-state index in [1.165, 1.54) is 0 Å². The second-order valence-electron chi connectivity index (χ2n) is 6.47. The Morgan fingerprint density at radius 2 is 1.75 bits per heavy atom. The van der Waals surface area contributed by atoms with Crippen LogP contribution in [0.3, 0.4) is 0 Å². The average molecular weight is 228 g/mol. The molecule has 1 amide bonds. The van der Waals surface area contributed by atoms with Gasteiger partial charge in [-0.05, 0) is 23.3 Å². The molecule has 0 aliphatic carbocycles. The highest BCUT2D eigenvalue weighted by Gasteiger charge is 2.25. The van der Waals surface area contributed by atoms with E-state index >= 15 is 0 Å². The van der Waals surface area contributed by atoms with E-state index in [1.54, 1.807) is 0 Å². The van der Waals surface area contributed by atoms with Crippen molar-refractivity contribution in [1.82, 2.24) is 5.32 Å². The predicted octanol–water partition coefficient (Wildman–Crippen LogP) is 2.16. The van der Waals surface area contributed by atoms with Gasteiger partial charge in [0.1, 0.15) is 0 Å². The van der Waals surface area contributed by atoms with Crippen molar-refractivity contribution >= 4 is 5.91 Å². The molecular weight excluding hydrogens is 200 g/mol. The summed E-state index contributed by atoms with van der Waals surface area (Å²) >= 11 is 0. The summed E-state index contributed by atoms with van der Waals surface area (Å²) in [5, 5.41) is 3.00. The third kappa shape index (κ3) is 5.50. The number of nitrogens with two attached hydrogens (primary N) is 1. The van der Waals surface area contributed by atoms with Crippen molar-refractivity contribution in [2.45, 2.75) is 48.0 Å². The van der Waals surface area contributed by atoms with Gasteiger partial charge in [0.15, 0.2) is 0 Å². The van der Waals surface area contributed by atoms with Crippen LogP contribution in [-0.2, 0) is 4.79 Å². The molecule has 0 heterocycles. The van der Waals surface area contributed by atoms with E-state index < -0.39 is 0 Å². The lowest BCUT2D eigenvalue weighted by Crippen LogP contribution is -2.39. The van der Waals surface area contributed by atoms with Gasteiger partial charge in [-0.1, -0.05) is 41.5 Å². The number of hydrogen-bond donors (Lipinski definition) is 2. The van der Waals surface area contributed by atoms with Gasteiger partial charge >= 0.3 is 0 Å². The standard InChI is InChI=1S/C13H28N2O/c1-10(2)13(5,6)9-15-11(16)7-12(3,4)8-14/h10H,7-9,14H2,1-6H3,(H,15,16). The summed E-state index contributed by atoms with van der Waals surface area (Å²) in [5.74, 6) is 0.652. The van der Waals surface area contributed by atoms with Gasteiger partial charge in [0.2, 0.25) is 5.91 Å². The number of carbonyl (C=O) groups excluding carboxylic acids is 1. The molecule has 0 aromatic rings. The summed E-state index contributed by atoms with van der Waals surface area (Å²) in [4.78, 5) is 11.7. The largest absolute Gasteiger partial charge is 0.356 e. The van der Waals surface area contributed by atoms with Crippen LogP contribution in [0.2, 0.25) is 0 Å². The molecule has 0 fully saturated rings. The molecule has 3 heteroatoms. The molecule has 0 spiro atoms. The highest BCUT2D eigenvalue weighted by molar-refractivity contribution is 5.76. The maximum Gasteiger partial charge on any atom is 0.220 e. The SMILES string of the molecule is CC(C)C(C)(C)CNC(=O)CC(C)(C)CN. The fourth-order valence-electron chi connectivity index (χ4n) is 1.10. The lowest BCUT2D eigenvalue weighted by atomic mass is 9.81. The highest BCUT2D eigenvalue weighted by Crippen LogP contribution is 2.25. The Balaban J connectivity index is 4.09. The van der Waals surface area contributed by atoms with Crippen LogP contribution in [0, 0.1) is 16.7 Å². The van der Waals surface area contributed by atoms with Crippen LogP contribution >= 0.6 is 0 Å². The van der Waals surface area contributed by atoms with E-state index in [9.17, 15) is 4.79 Å². The first-order chi connectivity index (χ1) is 7.10. The molecule has 0 aromatic carbocycles. The number of nitrogens with one attached hydrogen (secondary N) is 1. The van der Waals surface area contributed by atoms with Gasteiger partial charge in [0.05, 0.1) is 0 Å². The van der Waals surface area contributed by atoms with Gasteiger partial charge in [-0.15, -0.1) is 0 Å². The maximum absolute atomic E-state index is 11.7. The monoisotopic (exact) mass is 228 g/mol. The second-order valence-corrected chi connectivity index (χ2v) is 6.47. The molecule has 16 heavy (non-hydrogen) atoms. The molecule has 0 rings (SSSR count). The smallest absolute Gasteiger partial charge is 0.220 e. The Kier molecular flexibility index (Phi) is 5.47. The van der Waals surface area contributed by atoms with Gasteiger partial charge in [-0.3, -0.25) is 4.79 Å². The van der Waals surface area contributed by atoms with Crippen molar-refractivity contribution in [2.24, 2.45) is 22.5 Å². The predicted molar refractivity (Wildman–Crippen MR) is 69.1 cm³/mol. The van der Waals surface area contributed by atoms with E-state index in [0.717, 1.165) is 6.54 Å². The van der Waals surface area contributed by atoms with Crippen molar-refractivity contribution in [3.8, 4) is 0 Å². The Bertz CT molecular complexity index is 232. The molecule has 0 saturated heterocycles. The molecular formula is C13H28N2O. The van der Waals surface area contributed by atoms with E-state index in [0.29, 0.717) is 18.9 Å². The Hall–Kier alpha value is -0.570. The summed E-state index contributed by atoms with van der Waals surface area (Å²) in [6.45, 7) is 14.0. The average Bonchev–Trinajstić information content (AvgIpc) is 2.14. The lowest BCUT2D eigenvalue weighted by Gasteiger charge is -2.30. The van der Waals surface area contributed by atoms with Crippen LogP contribution in [0.25, 0.3) is 0 Å². The minimum absolute atomic E-state index is 0.101. The highest BCUT2D eigenvalue weighted by atomic mass is 16.1. The van der Waals surface area contributed by atoms with E-state index in [1.807, 2.05) is 13.8 Å². The van der Waals surface area contributed by atoms with Crippen LogP contribution in [0.4, 0.5) is 0 Å². The summed E-state index contributed by atoms with van der Waals surface area (Å²) < 4.78 is 0. The molecule has 0 aliphatic rings. The molecule has 96 valence electrons. The zero-order chi connectivity index (χ0) is 13.0. The first kappa shape index (κ1) is 15.4. The fraction of sp³-hybridized carbons (Fsp3) is 0.923. The molecule has 0 saturated carbocycles. The zero-order valence-corrected chi connectivity index (χ0v) is 11.7. The third-order valence-electron chi connectivity index (χ3n) is 3.50. The van der Waals surface area contributed by atoms with Crippen molar-refractivity contribution in [1.29, 1.82) is 0 Å². The lowest BCUT2D eigenvalue weighted by molar-refractivity contribution is -0.123.